The number of benzene rings is 1. The van der Waals surface area contributed by atoms with Gasteiger partial charge < -0.3 is 4.74 Å². The van der Waals surface area contributed by atoms with Crippen molar-refractivity contribution in [3.8, 4) is 5.75 Å². The number of ether oxygens (including phenoxy) is 1. The van der Waals surface area contributed by atoms with Gasteiger partial charge in [-0.15, -0.1) is 0 Å². The molecule has 0 saturated heterocycles. The molecular weight excluding hydrogens is 292 g/mol. The van der Waals surface area contributed by atoms with Crippen LogP contribution in [0.15, 0.2) is 12.1 Å². The summed E-state index contributed by atoms with van der Waals surface area (Å²) in [5.41, 5.74) is 3.11. The first-order valence-electron chi connectivity index (χ1n) is 8.50. The van der Waals surface area contributed by atoms with Crippen molar-refractivity contribution in [3.05, 3.63) is 28.8 Å². The highest BCUT2D eigenvalue weighted by atomic mass is 32.2. The average molecular weight is 320 g/mol. The first kappa shape index (κ1) is 17.4. The molecule has 0 N–H and O–H groups in total. The summed E-state index contributed by atoms with van der Waals surface area (Å²) in [6.45, 7) is 6.88. The molecule has 2 nitrogen and oxygen atoms in total. The van der Waals surface area contributed by atoms with E-state index in [1.807, 2.05) is 23.9 Å². The van der Waals surface area contributed by atoms with Gasteiger partial charge in [-0.25, -0.2) is 0 Å². The van der Waals surface area contributed by atoms with Gasteiger partial charge in [-0.05, 0) is 56.4 Å². The van der Waals surface area contributed by atoms with Crippen molar-refractivity contribution in [1.82, 2.24) is 0 Å². The minimum atomic E-state index is 0.213. The standard InChI is InChI=1S/C19H28O2S/c1-4-10-21-19-12-15(3)14(2)11-17(19)18(20)13-22-16-8-6-5-7-9-16/h11-12,16H,4-10,13H2,1-3H3. The molecule has 1 saturated carbocycles. The number of hydrogen-bond donors (Lipinski definition) is 0. The fourth-order valence-electron chi connectivity index (χ4n) is 2.84. The van der Waals surface area contributed by atoms with E-state index in [1.165, 1.54) is 37.7 Å². The first-order valence-corrected chi connectivity index (χ1v) is 9.55. The Morgan fingerprint density at radius 1 is 1.18 bits per heavy atom. The van der Waals surface area contributed by atoms with Gasteiger partial charge in [-0.2, -0.15) is 11.8 Å². The van der Waals surface area contributed by atoms with Gasteiger partial charge in [0.15, 0.2) is 5.78 Å². The van der Waals surface area contributed by atoms with Gasteiger partial charge in [0.25, 0.3) is 0 Å². The topological polar surface area (TPSA) is 26.3 Å². The summed E-state index contributed by atoms with van der Waals surface area (Å²) in [5, 5.41) is 0.671. The van der Waals surface area contributed by atoms with Gasteiger partial charge in [0, 0.05) is 5.25 Å². The predicted octanol–water partition coefficient (Wildman–Crippen LogP) is 5.34. The summed E-state index contributed by atoms with van der Waals surface area (Å²) < 4.78 is 5.80. The van der Waals surface area contributed by atoms with Crippen LogP contribution in [0, 0.1) is 13.8 Å². The highest BCUT2D eigenvalue weighted by Crippen LogP contribution is 2.30. The van der Waals surface area contributed by atoms with Crippen molar-refractivity contribution in [2.75, 3.05) is 12.4 Å². The van der Waals surface area contributed by atoms with E-state index in [-0.39, 0.29) is 5.78 Å². The SMILES string of the molecule is CCCOc1cc(C)c(C)cc1C(=O)CSC1CCCCC1. The molecule has 0 aromatic heterocycles. The van der Waals surface area contributed by atoms with Gasteiger partial charge in [0.2, 0.25) is 0 Å². The molecule has 0 radical (unpaired) electrons. The molecular formula is C19H28O2S. The van der Waals surface area contributed by atoms with Crippen LogP contribution in [0.5, 0.6) is 5.75 Å². The van der Waals surface area contributed by atoms with Gasteiger partial charge in [0.05, 0.1) is 17.9 Å². The summed E-state index contributed by atoms with van der Waals surface area (Å²) in [7, 11) is 0. The Labute approximate surface area is 139 Å². The van der Waals surface area contributed by atoms with Crippen LogP contribution in [0.1, 0.15) is 66.9 Å². The predicted molar refractivity (Wildman–Crippen MR) is 95.4 cm³/mol. The van der Waals surface area contributed by atoms with E-state index < -0.39 is 0 Å². The van der Waals surface area contributed by atoms with Crippen molar-refractivity contribution in [1.29, 1.82) is 0 Å². The fraction of sp³-hybridized carbons (Fsp3) is 0.632. The minimum absolute atomic E-state index is 0.213. The first-order chi connectivity index (χ1) is 10.6. The van der Waals surface area contributed by atoms with E-state index in [1.54, 1.807) is 0 Å². The Balaban J connectivity index is 2.04. The number of rotatable bonds is 7. The van der Waals surface area contributed by atoms with Crippen LogP contribution >= 0.6 is 11.8 Å². The van der Waals surface area contributed by atoms with Crippen molar-refractivity contribution in [3.63, 3.8) is 0 Å². The third kappa shape index (κ3) is 4.77. The zero-order valence-corrected chi connectivity index (χ0v) is 14.9. The number of aryl methyl sites for hydroxylation is 2. The maximum atomic E-state index is 12.6. The molecule has 22 heavy (non-hydrogen) atoms. The second-order valence-corrected chi connectivity index (χ2v) is 7.56. The van der Waals surface area contributed by atoms with Gasteiger partial charge in [-0.3, -0.25) is 4.79 Å². The Morgan fingerprint density at radius 3 is 2.55 bits per heavy atom. The van der Waals surface area contributed by atoms with Crippen molar-refractivity contribution < 1.29 is 9.53 Å². The Bertz CT molecular complexity index is 504. The minimum Gasteiger partial charge on any atom is -0.493 e. The molecule has 2 rings (SSSR count). The normalized spacial score (nSPS) is 15.8. The van der Waals surface area contributed by atoms with E-state index in [4.69, 9.17) is 4.74 Å². The van der Waals surface area contributed by atoms with E-state index >= 15 is 0 Å². The largest absolute Gasteiger partial charge is 0.493 e. The highest BCUT2D eigenvalue weighted by Gasteiger charge is 2.19. The molecule has 3 heteroatoms. The van der Waals surface area contributed by atoms with Crippen LogP contribution in [-0.4, -0.2) is 23.4 Å². The molecule has 1 aromatic carbocycles. The second kappa shape index (κ2) is 8.61. The number of ketones is 1. The van der Waals surface area contributed by atoms with E-state index in [0.29, 0.717) is 17.6 Å². The van der Waals surface area contributed by atoms with Crippen LogP contribution in [0.4, 0.5) is 0 Å². The summed E-state index contributed by atoms with van der Waals surface area (Å²) in [6, 6.07) is 4.02. The number of thioether (sulfide) groups is 1. The zero-order valence-electron chi connectivity index (χ0n) is 14.1. The Hall–Kier alpha value is -0.960. The van der Waals surface area contributed by atoms with Gasteiger partial charge in [0.1, 0.15) is 5.75 Å². The quantitative estimate of drug-likeness (QED) is 0.634. The zero-order chi connectivity index (χ0) is 15.9. The van der Waals surface area contributed by atoms with Crippen molar-refractivity contribution in [2.24, 2.45) is 0 Å². The van der Waals surface area contributed by atoms with E-state index in [9.17, 15) is 4.79 Å². The van der Waals surface area contributed by atoms with Crippen LogP contribution < -0.4 is 4.74 Å². The van der Waals surface area contributed by atoms with Gasteiger partial charge in [-0.1, -0.05) is 26.2 Å². The molecule has 0 unspecified atom stereocenters. The summed E-state index contributed by atoms with van der Waals surface area (Å²) in [5.74, 6) is 1.55. The highest BCUT2D eigenvalue weighted by molar-refractivity contribution is 8.00. The third-order valence-corrected chi connectivity index (χ3v) is 5.73. The third-order valence-electron chi connectivity index (χ3n) is 4.36. The lowest BCUT2D eigenvalue weighted by atomic mass is 10.0. The maximum Gasteiger partial charge on any atom is 0.176 e. The molecule has 0 amide bonds. The number of carbonyl (C=O) groups excluding carboxylic acids is 1. The Kier molecular flexibility index (Phi) is 6.81. The lowest BCUT2D eigenvalue weighted by Gasteiger charge is -2.21. The van der Waals surface area contributed by atoms with Crippen LogP contribution in [0.2, 0.25) is 0 Å². The monoisotopic (exact) mass is 320 g/mol. The summed E-state index contributed by atoms with van der Waals surface area (Å²) >= 11 is 1.84. The van der Waals surface area contributed by atoms with Crippen molar-refractivity contribution >= 4 is 17.5 Å². The van der Waals surface area contributed by atoms with E-state index in [0.717, 1.165) is 23.3 Å². The molecule has 1 fully saturated rings. The van der Waals surface area contributed by atoms with Crippen molar-refractivity contribution in [2.45, 2.75) is 64.5 Å². The fourth-order valence-corrected chi connectivity index (χ4v) is 4.05. The Morgan fingerprint density at radius 2 is 1.86 bits per heavy atom. The molecule has 0 atom stereocenters. The molecule has 0 spiro atoms. The molecule has 0 aliphatic heterocycles. The number of Topliss-reactive ketones (excluding diaryl/α,β-unsaturated/α-hetero) is 1. The molecule has 1 aliphatic carbocycles. The van der Waals surface area contributed by atoms with Gasteiger partial charge >= 0.3 is 0 Å². The van der Waals surface area contributed by atoms with Crippen LogP contribution in [-0.2, 0) is 0 Å². The maximum absolute atomic E-state index is 12.6. The molecule has 0 bridgehead atoms. The smallest absolute Gasteiger partial charge is 0.176 e. The molecule has 0 heterocycles. The summed E-state index contributed by atoms with van der Waals surface area (Å²) in [4.78, 5) is 12.6. The second-order valence-electron chi connectivity index (χ2n) is 6.28. The number of hydrogen-bond acceptors (Lipinski definition) is 3. The van der Waals surface area contributed by atoms with Crippen LogP contribution in [0.3, 0.4) is 0 Å². The lowest BCUT2D eigenvalue weighted by molar-refractivity contribution is 0.101. The lowest BCUT2D eigenvalue weighted by Crippen LogP contribution is -2.13. The van der Waals surface area contributed by atoms with E-state index in [2.05, 4.69) is 20.8 Å². The molecule has 122 valence electrons. The van der Waals surface area contributed by atoms with Crippen LogP contribution in [0.25, 0.3) is 0 Å². The molecule has 1 aliphatic rings. The number of carbonyl (C=O) groups is 1. The average Bonchev–Trinajstić information content (AvgIpc) is 2.54. The summed E-state index contributed by atoms with van der Waals surface area (Å²) in [6.07, 6.45) is 7.49. The molecule has 1 aromatic rings.